The standard InChI is InChI=1S/C13H17NO3S/c1-9-3-4-12(7-10(9)2)14-13(15)11-5-6-18(16,17)8-11/h3-4,7,11H,5-6,8H2,1-2H3,(H,14,15). The number of hydrogen-bond acceptors (Lipinski definition) is 3. The molecule has 1 aliphatic rings. The molecule has 1 aromatic carbocycles. The van der Waals surface area contributed by atoms with Crippen molar-refractivity contribution in [1.29, 1.82) is 0 Å². The van der Waals surface area contributed by atoms with Crippen molar-refractivity contribution in [3.63, 3.8) is 0 Å². The maximum absolute atomic E-state index is 11.9. The van der Waals surface area contributed by atoms with Gasteiger partial charge in [0.05, 0.1) is 17.4 Å². The summed E-state index contributed by atoms with van der Waals surface area (Å²) in [5.74, 6) is -0.502. The molecule has 0 saturated carbocycles. The van der Waals surface area contributed by atoms with Crippen LogP contribution < -0.4 is 5.32 Å². The Bertz CT molecular complexity index is 578. The molecule has 98 valence electrons. The summed E-state index contributed by atoms with van der Waals surface area (Å²) in [5.41, 5.74) is 3.00. The number of carbonyl (C=O) groups is 1. The first-order chi connectivity index (χ1) is 8.37. The van der Waals surface area contributed by atoms with Crippen LogP contribution in [0.1, 0.15) is 17.5 Å². The van der Waals surface area contributed by atoms with E-state index in [-0.39, 0.29) is 17.4 Å². The number of sulfone groups is 1. The Morgan fingerprint density at radius 2 is 2.00 bits per heavy atom. The molecule has 0 aliphatic carbocycles. The summed E-state index contributed by atoms with van der Waals surface area (Å²) >= 11 is 0. The normalized spacial score (nSPS) is 21.8. The lowest BCUT2D eigenvalue weighted by Crippen LogP contribution is -2.23. The summed E-state index contributed by atoms with van der Waals surface area (Å²) in [6.45, 7) is 3.98. The minimum Gasteiger partial charge on any atom is -0.326 e. The highest BCUT2D eigenvalue weighted by atomic mass is 32.2. The number of amides is 1. The molecule has 1 aromatic rings. The van der Waals surface area contributed by atoms with E-state index in [4.69, 9.17) is 0 Å². The fourth-order valence-electron chi connectivity index (χ4n) is 2.07. The van der Waals surface area contributed by atoms with Gasteiger partial charge in [0.1, 0.15) is 0 Å². The third-order valence-corrected chi connectivity index (χ3v) is 5.15. The van der Waals surface area contributed by atoms with Gasteiger partial charge in [-0.1, -0.05) is 6.07 Å². The van der Waals surface area contributed by atoms with Gasteiger partial charge >= 0.3 is 0 Å². The number of carbonyl (C=O) groups excluding carboxylic acids is 1. The molecule has 0 radical (unpaired) electrons. The van der Waals surface area contributed by atoms with Gasteiger partial charge in [-0.25, -0.2) is 8.42 Å². The summed E-state index contributed by atoms with van der Waals surface area (Å²) < 4.78 is 22.6. The van der Waals surface area contributed by atoms with Crippen LogP contribution in [0.15, 0.2) is 18.2 Å². The summed E-state index contributed by atoms with van der Waals surface area (Å²) in [7, 11) is -3.01. The van der Waals surface area contributed by atoms with Crippen molar-refractivity contribution in [1.82, 2.24) is 0 Å². The molecule has 18 heavy (non-hydrogen) atoms. The van der Waals surface area contributed by atoms with E-state index in [1.807, 2.05) is 32.0 Å². The molecule has 0 spiro atoms. The van der Waals surface area contributed by atoms with E-state index < -0.39 is 15.8 Å². The van der Waals surface area contributed by atoms with Gasteiger partial charge in [-0.2, -0.15) is 0 Å². The van der Waals surface area contributed by atoms with Crippen LogP contribution in [0.2, 0.25) is 0 Å². The molecular weight excluding hydrogens is 250 g/mol. The van der Waals surface area contributed by atoms with Crippen LogP contribution in [0, 0.1) is 19.8 Å². The third kappa shape index (κ3) is 2.90. The SMILES string of the molecule is Cc1ccc(NC(=O)C2CCS(=O)(=O)C2)cc1C. The third-order valence-electron chi connectivity index (χ3n) is 3.38. The molecule has 0 aromatic heterocycles. The zero-order valence-corrected chi connectivity index (χ0v) is 11.4. The van der Waals surface area contributed by atoms with Gasteiger partial charge in [-0.3, -0.25) is 4.79 Å². The molecule has 1 saturated heterocycles. The van der Waals surface area contributed by atoms with E-state index in [0.29, 0.717) is 6.42 Å². The number of hydrogen-bond donors (Lipinski definition) is 1. The molecule has 0 bridgehead atoms. The fraction of sp³-hybridized carbons (Fsp3) is 0.462. The highest BCUT2D eigenvalue weighted by Gasteiger charge is 2.32. The number of rotatable bonds is 2. The lowest BCUT2D eigenvalue weighted by molar-refractivity contribution is -0.119. The Morgan fingerprint density at radius 1 is 1.28 bits per heavy atom. The molecule has 1 N–H and O–H groups in total. The molecule has 1 amide bonds. The van der Waals surface area contributed by atoms with Crippen molar-refractivity contribution in [3.8, 4) is 0 Å². The predicted octanol–water partition coefficient (Wildman–Crippen LogP) is 1.68. The van der Waals surface area contributed by atoms with E-state index in [0.717, 1.165) is 16.8 Å². The number of anilines is 1. The van der Waals surface area contributed by atoms with E-state index >= 15 is 0 Å². The molecular formula is C13H17NO3S. The summed E-state index contributed by atoms with van der Waals surface area (Å²) in [4.78, 5) is 11.9. The molecule has 1 aliphatic heterocycles. The second-order valence-corrected chi connectivity index (χ2v) is 7.12. The topological polar surface area (TPSA) is 63.2 Å². The van der Waals surface area contributed by atoms with Crippen LogP contribution in [0.4, 0.5) is 5.69 Å². The van der Waals surface area contributed by atoms with Crippen LogP contribution in [-0.2, 0) is 14.6 Å². The molecule has 5 heteroatoms. The van der Waals surface area contributed by atoms with Gasteiger partial charge in [-0.05, 0) is 43.5 Å². The Kier molecular flexibility index (Phi) is 3.43. The second kappa shape index (κ2) is 4.72. The van der Waals surface area contributed by atoms with Crippen LogP contribution >= 0.6 is 0 Å². The Balaban J connectivity index is 2.06. The van der Waals surface area contributed by atoms with Crippen molar-refractivity contribution in [3.05, 3.63) is 29.3 Å². The summed E-state index contributed by atoms with van der Waals surface area (Å²) in [5, 5.41) is 2.79. The van der Waals surface area contributed by atoms with Gasteiger partial charge < -0.3 is 5.32 Å². The van der Waals surface area contributed by atoms with Crippen molar-refractivity contribution < 1.29 is 13.2 Å². The van der Waals surface area contributed by atoms with E-state index in [1.54, 1.807) is 0 Å². The van der Waals surface area contributed by atoms with Crippen molar-refractivity contribution in [2.75, 3.05) is 16.8 Å². The van der Waals surface area contributed by atoms with Crippen LogP contribution in [0.25, 0.3) is 0 Å². The first kappa shape index (κ1) is 13.1. The minimum absolute atomic E-state index is 0.0241. The van der Waals surface area contributed by atoms with Crippen molar-refractivity contribution in [2.24, 2.45) is 5.92 Å². The summed E-state index contributed by atoms with van der Waals surface area (Å²) in [6, 6.07) is 5.68. The zero-order valence-electron chi connectivity index (χ0n) is 10.6. The maximum atomic E-state index is 11.9. The maximum Gasteiger partial charge on any atom is 0.228 e. The van der Waals surface area contributed by atoms with Gasteiger partial charge in [-0.15, -0.1) is 0 Å². The molecule has 1 atom stereocenters. The lowest BCUT2D eigenvalue weighted by atomic mass is 10.1. The zero-order chi connectivity index (χ0) is 13.3. The Morgan fingerprint density at radius 3 is 2.56 bits per heavy atom. The fourth-order valence-corrected chi connectivity index (χ4v) is 3.81. The molecule has 1 unspecified atom stereocenters. The van der Waals surface area contributed by atoms with Crippen LogP contribution in [0.3, 0.4) is 0 Å². The first-order valence-corrected chi connectivity index (χ1v) is 7.78. The predicted molar refractivity (Wildman–Crippen MR) is 71.3 cm³/mol. The average Bonchev–Trinajstić information content (AvgIpc) is 2.64. The smallest absolute Gasteiger partial charge is 0.228 e. The minimum atomic E-state index is -3.01. The summed E-state index contributed by atoms with van der Waals surface area (Å²) in [6.07, 6.45) is 0.430. The number of nitrogens with one attached hydrogen (secondary N) is 1. The molecule has 4 nitrogen and oxygen atoms in total. The second-order valence-electron chi connectivity index (χ2n) is 4.89. The number of aryl methyl sites for hydroxylation is 2. The monoisotopic (exact) mass is 267 g/mol. The Hall–Kier alpha value is -1.36. The van der Waals surface area contributed by atoms with Gasteiger partial charge in [0.2, 0.25) is 5.91 Å². The average molecular weight is 267 g/mol. The van der Waals surface area contributed by atoms with Crippen LogP contribution in [-0.4, -0.2) is 25.8 Å². The highest BCUT2D eigenvalue weighted by molar-refractivity contribution is 7.91. The molecule has 1 fully saturated rings. The lowest BCUT2D eigenvalue weighted by Gasteiger charge is -2.10. The molecule has 2 rings (SSSR count). The van der Waals surface area contributed by atoms with Crippen molar-refractivity contribution >= 4 is 21.4 Å². The highest BCUT2D eigenvalue weighted by Crippen LogP contribution is 2.21. The number of benzene rings is 1. The Labute approximate surface area is 107 Å². The van der Waals surface area contributed by atoms with E-state index in [2.05, 4.69) is 5.32 Å². The van der Waals surface area contributed by atoms with Crippen LogP contribution in [0.5, 0.6) is 0 Å². The van der Waals surface area contributed by atoms with Gasteiger partial charge in [0, 0.05) is 5.69 Å². The molecule has 1 heterocycles. The van der Waals surface area contributed by atoms with E-state index in [9.17, 15) is 13.2 Å². The van der Waals surface area contributed by atoms with E-state index in [1.165, 1.54) is 0 Å². The quantitative estimate of drug-likeness (QED) is 0.886. The van der Waals surface area contributed by atoms with Crippen molar-refractivity contribution in [2.45, 2.75) is 20.3 Å². The first-order valence-electron chi connectivity index (χ1n) is 5.96. The largest absolute Gasteiger partial charge is 0.326 e. The van der Waals surface area contributed by atoms with Gasteiger partial charge in [0.25, 0.3) is 0 Å². The van der Waals surface area contributed by atoms with Gasteiger partial charge in [0.15, 0.2) is 9.84 Å².